The Kier molecular flexibility index (Phi) is 5.86. The molecule has 0 amide bonds. The zero-order chi connectivity index (χ0) is 17.1. The number of rotatable bonds is 7. The van der Waals surface area contributed by atoms with E-state index < -0.39 is 15.6 Å². The average Bonchev–Trinajstić information content (AvgIpc) is 2.78. The molecule has 0 radical (unpaired) electrons. The lowest BCUT2D eigenvalue weighted by atomic mass is 9.85. The molecule has 1 aliphatic carbocycles. The summed E-state index contributed by atoms with van der Waals surface area (Å²) in [6.45, 7) is 5.05. The lowest BCUT2D eigenvalue weighted by molar-refractivity contribution is 0.415. The maximum atomic E-state index is 11.4. The van der Waals surface area contributed by atoms with Crippen LogP contribution >= 0.6 is 0 Å². The van der Waals surface area contributed by atoms with Gasteiger partial charge in [-0.1, -0.05) is 19.3 Å². The number of sulfonamides is 1. The lowest BCUT2D eigenvalue weighted by Crippen LogP contribution is -2.49. The molecule has 1 saturated carbocycles. The molecule has 7 heteroatoms. The zero-order valence-electron chi connectivity index (χ0n) is 14.7. The van der Waals surface area contributed by atoms with E-state index >= 15 is 0 Å². The molecule has 1 aliphatic rings. The van der Waals surface area contributed by atoms with Crippen molar-refractivity contribution >= 4 is 10.0 Å². The molecule has 1 aromatic heterocycles. The van der Waals surface area contributed by atoms with Gasteiger partial charge < -0.3 is 5.32 Å². The summed E-state index contributed by atoms with van der Waals surface area (Å²) in [7, 11) is -1.24. The van der Waals surface area contributed by atoms with E-state index in [2.05, 4.69) is 21.3 Å². The molecule has 1 aromatic rings. The highest BCUT2D eigenvalue weighted by atomic mass is 32.2. The highest BCUT2D eigenvalue weighted by molar-refractivity contribution is 7.88. The first-order chi connectivity index (χ1) is 10.7. The van der Waals surface area contributed by atoms with Crippen LogP contribution in [0.5, 0.6) is 0 Å². The summed E-state index contributed by atoms with van der Waals surface area (Å²) < 4.78 is 27.3. The molecule has 2 rings (SSSR count). The molecule has 132 valence electrons. The maximum absolute atomic E-state index is 11.4. The molecule has 6 nitrogen and oxygen atoms in total. The van der Waals surface area contributed by atoms with Gasteiger partial charge in [-0.2, -0.15) is 5.10 Å². The molecule has 0 saturated heterocycles. The van der Waals surface area contributed by atoms with Crippen molar-refractivity contribution in [1.29, 1.82) is 0 Å². The van der Waals surface area contributed by atoms with Crippen LogP contribution in [0.4, 0.5) is 0 Å². The normalized spacial score (nSPS) is 17.6. The fourth-order valence-corrected chi connectivity index (χ4v) is 4.53. The van der Waals surface area contributed by atoms with E-state index in [4.69, 9.17) is 0 Å². The summed E-state index contributed by atoms with van der Waals surface area (Å²) in [4.78, 5) is 0. The van der Waals surface area contributed by atoms with Crippen molar-refractivity contribution in [2.24, 2.45) is 7.05 Å². The van der Waals surface area contributed by atoms with Crippen molar-refractivity contribution in [1.82, 2.24) is 19.8 Å². The van der Waals surface area contributed by atoms with Crippen LogP contribution in [-0.2, 0) is 23.6 Å². The SMILES string of the molecule is Cn1cc(CNCC(C)(C)NS(C)(=O)=O)c(C2CCCCC2)n1. The van der Waals surface area contributed by atoms with E-state index in [0.717, 1.165) is 0 Å². The molecular formula is C16H30N4O2S. The summed E-state index contributed by atoms with van der Waals surface area (Å²) in [6, 6.07) is 0. The van der Waals surface area contributed by atoms with E-state index in [-0.39, 0.29) is 0 Å². The van der Waals surface area contributed by atoms with Gasteiger partial charge in [0.1, 0.15) is 0 Å². The lowest BCUT2D eigenvalue weighted by Gasteiger charge is -2.26. The van der Waals surface area contributed by atoms with Crippen LogP contribution in [0.15, 0.2) is 6.20 Å². The predicted molar refractivity (Wildman–Crippen MR) is 92.8 cm³/mol. The summed E-state index contributed by atoms with van der Waals surface area (Å²) in [6.07, 6.45) is 9.64. The van der Waals surface area contributed by atoms with E-state index in [1.54, 1.807) is 0 Å². The number of hydrogen-bond acceptors (Lipinski definition) is 4. The van der Waals surface area contributed by atoms with E-state index in [9.17, 15) is 8.42 Å². The van der Waals surface area contributed by atoms with E-state index in [1.807, 2.05) is 25.6 Å². The van der Waals surface area contributed by atoms with Gasteiger partial charge in [-0.05, 0) is 26.7 Å². The minimum atomic E-state index is -3.20. The van der Waals surface area contributed by atoms with Crippen molar-refractivity contribution in [3.05, 3.63) is 17.5 Å². The molecule has 23 heavy (non-hydrogen) atoms. The minimum Gasteiger partial charge on any atom is -0.311 e. The molecular weight excluding hydrogens is 312 g/mol. The molecule has 0 aromatic carbocycles. The van der Waals surface area contributed by atoms with Gasteiger partial charge >= 0.3 is 0 Å². The Bertz CT molecular complexity index is 616. The van der Waals surface area contributed by atoms with Crippen LogP contribution in [0.25, 0.3) is 0 Å². The van der Waals surface area contributed by atoms with Gasteiger partial charge in [0.2, 0.25) is 10.0 Å². The third-order valence-corrected chi connectivity index (χ3v) is 5.20. The second-order valence-electron chi connectivity index (χ2n) is 7.41. The summed E-state index contributed by atoms with van der Waals surface area (Å²) in [5.74, 6) is 0.573. The van der Waals surface area contributed by atoms with Crippen LogP contribution in [-0.4, -0.2) is 36.5 Å². The third-order valence-electron chi connectivity index (χ3n) is 4.27. The Hall–Kier alpha value is -0.920. The molecule has 0 bridgehead atoms. The third kappa shape index (κ3) is 5.90. The van der Waals surface area contributed by atoms with Crippen molar-refractivity contribution in [3.8, 4) is 0 Å². The Labute approximate surface area is 140 Å². The molecule has 1 heterocycles. The predicted octanol–water partition coefficient (Wildman–Crippen LogP) is 1.89. The first-order valence-corrected chi connectivity index (χ1v) is 10.3. The number of hydrogen-bond donors (Lipinski definition) is 2. The van der Waals surface area contributed by atoms with Crippen LogP contribution in [0.1, 0.15) is 63.1 Å². The second-order valence-corrected chi connectivity index (χ2v) is 9.16. The molecule has 0 spiro atoms. The molecule has 2 N–H and O–H groups in total. The van der Waals surface area contributed by atoms with E-state index in [0.29, 0.717) is 19.0 Å². The van der Waals surface area contributed by atoms with Crippen molar-refractivity contribution in [3.63, 3.8) is 0 Å². The summed E-state index contributed by atoms with van der Waals surface area (Å²) >= 11 is 0. The Morgan fingerprint density at radius 3 is 2.57 bits per heavy atom. The van der Waals surface area contributed by atoms with Gasteiger partial charge in [-0.15, -0.1) is 0 Å². The van der Waals surface area contributed by atoms with Crippen LogP contribution in [0.2, 0.25) is 0 Å². The molecule has 0 atom stereocenters. The number of nitrogens with zero attached hydrogens (tertiary/aromatic N) is 2. The number of nitrogens with one attached hydrogen (secondary N) is 2. The maximum Gasteiger partial charge on any atom is 0.209 e. The van der Waals surface area contributed by atoms with Gasteiger partial charge in [0.15, 0.2) is 0 Å². The largest absolute Gasteiger partial charge is 0.311 e. The van der Waals surface area contributed by atoms with Crippen molar-refractivity contribution in [2.75, 3.05) is 12.8 Å². The zero-order valence-corrected chi connectivity index (χ0v) is 15.5. The second kappa shape index (κ2) is 7.32. The number of aromatic nitrogens is 2. The summed E-state index contributed by atoms with van der Waals surface area (Å²) in [5, 5.41) is 8.05. The fourth-order valence-electron chi connectivity index (χ4n) is 3.46. The highest BCUT2D eigenvalue weighted by Gasteiger charge is 2.24. The van der Waals surface area contributed by atoms with Crippen LogP contribution in [0.3, 0.4) is 0 Å². The molecule has 1 fully saturated rings. The Balaban J connectivity index is 1.95. The topological polar surface area (TPSA) is 76.0 Å². The van der Waals surface area contributed by atoms with Gasteiger partial charge in [-0.3, -0.25) is 4.68 Å². The standard InChI is InChI=1S/C16H30N4O2S/c1-16(2,19-23(4,21)22)12-17-10-14-11-20(3)18-15(14)13-8-6-5-7-9-13/h11,13,17,19H,5-10,12H2,1-4H3. The first kappa shape index (κ1) is 18.4. The van der Waals surface area contributed by atoms with Crippen LogP contribution in [0, 0.1) is 0 Å². The van der Waals surface area contributed by atoms with Gasteiger partial charge in [0, 0.05) is 43.4 Å². The quantitative estimate of drug-likeness (QED) is 0.793. The monoisotopic (exact) mass is 342 g/mol. The number of aryl methyl sites for hydroxylation is 1. The van der Waals surface area contributed by atoms with Gasteiger partial charge in [0.05, 0.1) is 11.9 Å². The van der Waals surface area contributed by atoms with Crippen LogP contribution < -0.4 is 10.0 Å². The average molecular weight is 343 g/mol. The fraction of sp³-hybridized carbons (Fsp3) is 0.812. The van der Waals surface area contributed by atoms with Crippen molar-refractivity contribution in [2.45, 2.75) is 64.0 Å². The minimum absolute atomic E-state index is 0.513. The Morgan fingerprint density at radius 1 is 1.30 bits per heavy atom. The smallest absolute Gasteiger partial charge is 0.209 e. The van der Waals surface area contributed by atoms with Gasteiger partial charge in [0.25, 0.3) is 0 Å². The van der Waals surface area contributed by atoms with Crippen molar-refractivity contribution < 1.29 is 8.42 Å². The Morgan fingerprint density at radius 2 is 1.96 bits per heavy atom. The van der Waals surface area contributed by atoms with E-state index in [1.165, 1.54) is 49.6 Å². The van der Waals surface area contributed by atoms with Gasteiger partial charge in [-0.25, -0.2) is 13.1 Å². The summed E-state index contributed by atoms with van der Waals surface area (Å²) in [5.41, 5.74) is 1.93. The molecule has 0 aliphatic heterocycles. The first-order valence-electron chi connectivity index (χ1n) is 8.38. The molecule has 0 unspecified atom stereocenters. The highest BCUT2D eigenvalue weighted by Crippen LogP contribution is 2.33.